The van der Waals surface area contributed by atoms with E-state index in [-0.39, 0.29) is 12.1 Å². The van der Waals surface area contributed by atoms with E-state index in [2.05, 4.69) is 15.8 Å². The number of carboxylic acids is 1. The first kappa shape index (κ1) is 26.8. The number of carbonyl (C=O) groups excluding carboxylic acids is 2. The molecule has 1 aromatic heterocycles. The van der Waals surface area contributed by atoms with Crippen molar-refractivity contribution in [2.45, 2.75) is 70.9 Å². The van der Waals surface area contributed by atoms with Gasteiger partial charge in [-0.05, 0) is 51.3 Å². The second-order valence-electron chi connectivity index (χ2n) is 8.97. The molecule has 1 heterocycles. The molecule has 0 fully saturated rings. The minimum absolute atomic E-state index is 0.00177. The van der Waals surface area contributed by atoms with Gasteiger partial charge in [-0.15, -0.1) is 0 Å². The molecule has 186 valence electrons. The molecular weight excluding hydrogens is 445 g/mol. The first-order valence-electron chi connectivity index (χ1n) is 11.2. The second-order valence-corrected chi connectivity index (χ2v) is 8.97. The Morgan fingerprint density at radius 1 is 1.12 bits per heavy atom. The van der Waals surface area contributed by atoms with Crippen LogP contribution in [-0.2, 0) is 22.4 Å². The number of rotatable bonds is 12. The predicted octanol–water partition coefficient (Wildman–Crippen LogP) is 3.87. The number of carboxylic acid groups (broad SMARTS) is 1. The Morgan fingerprint density at radius 2 is 1.79 bits per heavy atom. The number of aromatic nitrogens is 1. The lowest BCUT2D eigenvalue weighted by Crippen LogP contribution is -2.42. The Bertz CT molecular complexity index is 952. The number of hydrogen-bond donors (Lipinski definition) is 3. The summed E-state index contributed by atoms with van der Waals surface area (Å²) < 4.78 is 23.4. The van der Waals surface area contributed by atoms with Gasteiger partial charge in [0.2, 0.25) is 0 Å². The third-order valence-corrected chi connectivity index (χ3v) is 4.77. The normalized spacial score (nSPS) is 12.1. The SMILES string of the molecule is CC(C)(C)OC(=O)NCCCCCCc1cc(C(=O)NC(Cc2ccc(F)cc2)C(=O)O)no1. The van der Waals surface area contributed by atoms with Gasteiger partial charge in [-0.1, -0.05) is 30.1 Å². The molecule has 0 bridgehead atoms. The third-order valence-electron chi connectivity index (χ3n) is 4.77. The maximum atomic E-state index is 13.0. The molecule has 0 aliphatic carbocycles. The van der Waals surface area contributed by atoms with Crippen LogP contribution in [0.3, 0.4) is 0 Å². The first-order valence-corrected chi connectivity index (χ1v) is 11.2. The minimum atomic E-state index is -1.21. The highest BCUT2D eigenvalue weighted by Crippen LogP contribution is 2.12. The van der Waals surface area contributed by atoms with E-state index in [4.69, 9.17) is 9.26 Å². The average Bonchev–Trinajstić information content (AvgIpc) is 3.22. The molecule has 2 aromatic rings. The summed E-state index contributed by atoms with van der Waals surface area (Å²) in [6, 6.07) is 5.72. The smallest absolute Gasteiger partial charge is 0.407 e. The van der Waals surface area contributed by atoms with Gasteiger partial charge in [0.05, 0.1) is 0 Å². The zero-order valence-corrected chi connectivity index (χ0v) is 19.7. The molecule has 10 heteroatoms. The fourth-order valence-corrected chi connectivity index (χ4v) is 3.11. The zero-order valence-electron chi connectivity index (χ0n) is 19.7. The van der Waals surface area contributed by atoms with Gasteiger partial charge in [-0.2, -0.15) is 0 Å². The van der Waals surface area contributed by atoms with E-state index in [1.54, 1.807) is 0 Å². The van der Waals surface area contributed by atoms with Crippen molar-refractivity contribution in [1.29, 1.82) is 0 Å². The number of benzene rings is 1. The fraction of sp³-hybridized carbons (Fsp3) is 0.500. The quantitative estimate of drug-likeness (QED) is 0.396. The van der Waals surface area contributed by atoms with Crippen LogP contribution >= 0.6 is 0 Å². The van der Waals surface area contributed by atoms with Gasteiger partial charge in [0, 0.05) is 25.5 Å². The monoisotopic (exact) mass is 477 g/mol. The van der Waals surface area contributed by atoms with Gasteiger partial charge in [-0.25, -0.2) is 14.0 Å². The van der Waals surface area contributed by atoms with Crippen molar-refractivity contribution >= 4 is 18.0 Å². The highest BCUT2D eigenvalue weighted by molar-refractivity contribution is 5.95. The van der Waals surface area contributed by atoms with Crippen LogP contribution < -0.4 is 10.6 Å². The van der Waals surface area contributed by atoms with E-state index in [0.717, 1.165) is 25.7 Å². The maximum Gasteiger partial charge on any atom is 0.407 e. The van der Waals surface area contributed by atoms with Gasteiger partial charge < -0.3 is 25.0 Å². The van der Waals surface area contributed by atoms with E-state index in [1.165, 1.54) is 30.3 Å². The highest BCUT2D eigenvalue weighted by Gasteiger charge is 2.23. The van der Waals surface area contributed by atoms with Crippen LogP contribution in [0.15, 0.2) is 34.9 Å². The van der Waals surface area contributed by atoms with Crippen molar-refractivity contribution in [1.82, 2.24) is 15.8 Å². The van der Waals surface area contributed by atoms with Gasteiger partial charge >= 0.3 is 12.1 Å². The van der Waals surface area contributed by atoms with E-state index in [9.17, 15) is 23.9 Å². The van der Waals surface area contributed by atoms with Crippen molar-refractivity contribution in [3.8, 4) is 0 Å². The second kappa shape index (κ2) is 12.7. The van der Waals surface area contributed by atoms with Crippen molar-refractivity contribution in [3.63, 3.8) is 0 Å². The molecule has 1 aromatic carbocycles. The molecule has 0 aliphatic heterocycles. The lowest BCUT2D eigenvalue weighted by Gasteiger charge is -2.19. The third kappa shape index (κ3) is 10.0. The molecule has 3 N–H and O–H groups in total. The number of nitrogens with one attached hydrogen (secondary N) is 2. The summed E-state index contributed by atoms with van der Waals surface area (Å²) >= 11 is 0. The van der Waals surface area contributed by atoms with Crippen LogP contribution in [0.2, 0.25) is 0 Å². The van der Waals surface area contributed by atoms with E-state index >= 15 is 0 Å². The van der Waals surface area contributed by atoms with E-state index < -0.39 is 35.4 Å². The van der Waals surface area contributed by atoms with Crippen LogP contribution in [0.4, 0.5) is 9.18 Å². The summed E-state index contributed by atoms with van der Waals surface area (Å²) in [5, 5.41) is 18.3. The van der Waals surface area contributed by atoms with Crippen LogP contribution in [0.1, 0.15) is 68.3 Å². The fourth-order valence-electron chi connectivity index (χ4n) is 3.11. The van der Waals surface area contributed by atoms with Crippen LogP contribution in [0, 0.1) is 5.82 Å². The molecule has 1 atom stereocenters. The Kier molecular flexibility index (Phi) is 10.0. The number of nitrogens with zero attached hydrogens (tertiary/aromatic N) is 1. The molecule has 0 aliphatic rings. The lowest BCUT2D eigenvalue weighted by molar-refractivity contribution is -0.139. The topological polar surface area (TPSA) is 131 Å². The number of aryl methyl sites for hydroxylation is 1. The maximum absolute atomic E-state index is 13.0. The standard InChI is InChI=1S/C24H32FN3O6/c1-24(2,3)33-23(32)26-13-7-5-4-6-8-18-15-19(28-34-18)21(29)27-20(22(30)31)14-16-9-11-17(25)12-10-16/h9-12,15,20H,4-8,13-14H2,1-3H3,(H,26,32)(H,27,29)(H,30,31). The van der Waals surface area contributed by atoms with Gasteiger partial charge in [0.15, 0.2) is 5.69 Å². The number of unbranched alkanes of at least 4 members (excludes halogenated alkanes) is 3. The number of ether oxygens (including phenoxy) is 1. The molecule has 9 nitrogen and oxygen atoms in total. The predicted molar refractivity (Wildman–Crippen MR) is 122 cm³/mol. The average molecular weight is 478 g/mol. The molecule has 0 radical (unpaired) electrons. The Labute approximate surface area is 198 Å². The Hall–Kier alpha value is -3.43. The van der Waals surface area contributed by atoms with Crippen molar-refractivity contribution < 1.29 is 33.1 Å². The number of halogens is 1. The molecule has 1 unspecified atom stereocenters. The van der Waals surface area contributed by atoms with Gasteiger partial charge in [0.25, 0.3) is 5.91 Å². The van der Waals surface area contributed by atoms with Crippen molar-refractivity contribution in [3.05, 3.63) is 53.2 Å². The molecule has 2 amide bonds. The van der Waals surface area contributed by atoms with Crippen LogP contribution in [0.25, 0.3) is 0 Å². The largest absolute Gasteiger partial charge is 0.480 e. The summed E-state index contributed by atoms with van der Waals surface area (Å²) in [7, 11) is 0. The molecule has 34 heavy (non-hydrogen) atoms. The summed E-state index contributed by atoms with van der Waals surface area (Å²) in [4.78, 5) is 35.5. The number of carbonyl (C=O) groups is 3. The Balaban J connectivity index is 1.70. The molecule has 2 rings (SSSR count). The van der Waals surface area contributed by atoms with Crippen molar-refractivity contribution in [2.75, 3.05) is 6.54 Å². The summed E-state index contributed by atoms with van der Waals surface area (Å²) in [5.41, 5.74) is 0.0618. The molecule has 0 saturated carbocycles. The number of alkyl carbamates (subject to hydrolysis) is 1. The van der Waals surface area contributed by atoms with E-state index in [1.807, 2.05) is 20.8 Å². The Morgan fingerprint density at radius 3 is 2.44 bits per heavy atom. The molecule has 0 saturated heterocycles. The summed E-state index contributed by atoms with van der Waals surface area (Å²) in [6.45, 7) is 5.96. The highest BCUT2D eigenvalue weighted by atomic mass is 19.1. The first-order chi connectivity index (χ1) is 16.0. The minimum Gasteiger partial charge on any atom is -0.480 e. The summed E-state index contributed by atoms with van der Waals surface area (Å²) in [5.74, 6) is -1.75. The van der Waals surface area contributed by atoms with Crippen molar-refractivity contribution in [2.24, 2.45) is 0 Å². The zero-order chi connectivity index (χ0) is 25.1. The number of aliphatic carboxylic acids is 1. The number of amides is 2. The molecule has 0 spiro atoms. The molecular formula is C24H32FN3O6. The van der Waals surface area contributed by atoms with E-state index in [0.29, 0.717) is 24.3 Å². The number of hydrogen-bond acceptors (Lipinski definition) is 6. The van der Waals surface area contributed by atoms with Crippen LogP contribution in [-0.4, -0.2) is 46.4 Å². The van der Waals surface area contributed by atoms with Gasteiger partial charge in [0.1, 0.15) is 23.2 Å². The lowest BCUT2D eigenvalue weighted by atomic mass is 10.1. The van der Waals surface area contributed by atoms with Crippen LogP contribution in [0.5, 0.6) is 0 Å². The van der Waals surface area contributed by atoms with Gasteiger partial charge in [-0.3, -0.25) is 4.79 Å². The summed E-state index contributed by atoms with van der Waals surface area (Å²) in [6.07, 6.45) is 3.59.